The molecule has 3 aromatic rings. The minimum absolute atomic E-state index is 0.168. The highest BCUT2D eigenvalue weighted by molar-refractivity contribution is 5.83. The standard InChI is InChI=1S/C29H37FN2O4/c1-35-24-9-11-28-26(19-24)25(13-15-31-28)27(30)10-7-21-14-17-32(20-22(21)8-12-29(33)34)16-3-2-5-23-6-4-18-36-23/h4,6,9,11,13,15,18-19,21-22,27H,2-3,5,7-8,10,12,14,16-17,20H2,1H3,(H,33,34)/t21?,22?,27-/m0/s1. The molecule has 0 spiro atoms. The van der Waals surface area contributed by atoms with Crippen molar-refractivity contribution in [2.24, 2.45) is 11.8 Å². The number of fused-ring (bicyclic) bond motifs is 1. The molecule has 4 rings (SSSR count). The van der Waals surface area contributed by atoms with Crippen molar-refractivity contribution in [3.63, 3.8) is 0 Å². The third-order valence-electron chi connectivity index (χ3n) is 7.54. The maximum Gasteiger partial charge on any atom is 0.303 e. The first-order chi connectivity index (χ1) is 17.5. The first kappa shape index (κ1) is 26.1. The molecular weight excluding hydrogens is 459 g/mol. The molecule has 1 aliphatic heterocycles. The van der Waals surface area contributed by atoms with E-state index in [9.17, 15) is 9.90 Å². The zero-order chi connectivity index (χ0) is 25.3. The average molecular weight is 497 g/mol. The Hall–Kier alpha value is -2.93. The molecular formula is C29H37FN2O4. The predicted octanol–water partition coefficient (Wildman–Crippen LogP) is 6.45. The minimum atomic E-state index is -1.10. The lowest BCUT2D eigenvalue weighted by atomic mass is 9.79. The monoisotopic (exact) mass is 496 g/mol. The molecule has 194 valence electrons. The molecule has 0 saturated carbocycles. The summed E-state index contributed by atoms with van der Waals surface area (Å²) in [7, 11) is 1.60. The van der Waals surface area contributed by atoms with Crippen LogP contribution in [0.3, 0.4) is 0 Å². The van der Waals surface area contributed by atoms with E-state index < -0.39 is 12.1 Å². The van der Waals surface area contributed by atoms with E-state index in [1.54, 1.807) is 25.6 Å². The molecule has 3 heterocycles. The number of ether oxygens (including phenoxy) is 1. The predicted molar refractivity (Wildman–Crippen MR) is 138 cm³/mol. The highest BCUT2D eigenvalue weighted by atomic mass is 19.1. The Balaban J connectivity index is 1.33. The lowest BCUT2D eigenvalue weighted by Gasteiger charge is -2.39. The number of nitrogens with zero attached hydrogens (tertiary/aromatic N) is 2. The summed E-state index contributed by atoms with van der Waals surface area (Å²) in [5.41, 5.74) is 1.41. The van der Waals surface area contributed by atoms with Crippen LogP contribution in [0.15, 0.2) is 53.3 Å². The molecule has 7 heteroatoms. The number of furan rings is 1. The van der Waals surface area contributed by atoms with Crippen LogP contribution in [0.5, 0.6) is 5.75 Å². The number of aromatic nitrogens is 1. The number of hydrogen-bond acceptors (Lipinski definition) is 5. The van der Waals surface area contributed by atoms with Crippen molar-refractivity contribution >= 4 is 16.9 Å². The van der Waals surface area contributed by atoms with Crippen LogP contribution in [0.4, 0.5) is 4.39 Å². The molecule has 0 amide bonds. The number of piperidine rings is 1. The lowest BCUT2D eigenvalue weighted by molar-refractivity contribution is -0.137. The van der Waals surface area contributed by atoms with E-state index in [1.807, 2.05) is 30.3 Å². The van der Waals surface area contributed by atoms with E-state index in [2.05, 4.69) is 9.88 Å². The molecule has 6 nitrogen and oxygen atoms in total. The van der Waals surface area contributed by atoms with Gasteiger partial charge in [-0.25, -0.2) is 4.39 Å². The van der Waals surface area contributed by atoms with Gasteiger partial charge >= 0.3 is 5.97 Å². The van der Waals surface area contributed by atoms with E-state index in [0.29, 0.717) is 30.1 Å². The first-order valence-electron chi connectivity index (χ1n) is 13.1. The molecule has 0 aliphatic carbocycles. The maximum atomic E-state index is 15.5. The molecule has 36 heavy (non-hydrogen) atoms. The van der Waals surface area contributed by atoms with Gasteiger partial charge in [0, 0.05) is 31.0 Å². The van der Waals surface area contributed by atoms with Crippen molar-refractivity contribution in [1.29, 1.82) is 0 Å². The number of aliphatic carboxylic acids is 1. The number of carbonyl (C=O) groups is 1. The van der Waals surface area contributed by atoms with Crippen LogP contribution in [0.2, 0.25) is 0 Å². The second kappa shape index (κ2) is 12.9. The third kappa shape index (κ3) is 7.06. The van der Waals surface area contributed by atoms with Crippen molar-refractivity contribution < 1.29 is 23.4 Å². The second-order valence-corrected chi connectivity index (χ2v) is 9.91. The summed E-state index contributed by atoms with van der Waals surface area (Å²) in [6.45, 7) is 2.89. The summed E-state index contributed by atoms with van der Waals surface area (Å²) in [6, 6.07) is 11.2. The van der Waals surface area contributed by atoms with Crippen LogP contribution in [-0.2, 0) is 11.2 Å². The molecule has 3 atom stereocenters. The zero-order valence-corrected chi connectivity index (χ0v) is 21.1. The zero-order valence-electron chi connectivity index (χ0n) is 21.1. The number of methoxy groups -OCH3 is 1. The number of halogens is 1. The number of carboxylic acids is 1. The van der Waals surface area contributed by atoms with Gasteiger partial charge in [0.05, 0.1) is 18.9 Å². The largest absolute Gasteiger partial charge is 0.497 e. The lowest BCUT2D eigenvalue weighted by Crippen LogP contribution is -2.41. The van der Waals surface area contributed by atoms with Crippen molar-refractivity contribution in [1.82, 2.24) is 9.88 Å². The fourth-order valence-electron chi connectivity index (χ4n) is 5.53. The fourth-order valence-corrected chi connectivity index (χ4v) is 5.53. The molecule has 1 aromatic carbocycles. The van der Waals surface area contributed by atoms with E-state index in [0.717, 1.165) is 68.4 Å². The Kier molecular flexibility index (Phi) is 9.34. The molecule has 1 fully saturated rings. The molecule has 1 saturated heterocycles. The number of pyridine rings is 1. The number of likely N-dealkylation sites (tertiary alicyclic amines) is 1. The van der Waals surface area contributed by atoms with Gasteiger partial charge in [-0.2, -0.15) is 0 Å². The molecule has 2 unspecified atom stereocenters. The maximum absolute atomic E-state index is 15.5. The van der Waals surface area contributed by atoms with Gasteiger partial charge in [-0.1, -0.05) is 0 Å². The normalized spacial score (nSPS) is 19.4. The van der Waals surface area contributed by atoms with Gasteiger partial charge < -0.3 is 19.2 Å². The van der Waals surface area contributed by atoms with Gasteiger partial charge in [-0.15, -0.1) is 0 Å². The highest BCUT2D eigenvalue weighted by Gasteiger charge is 2.30. The van der Waals surface area contributed by atoms with Crippen molar-refractivity contribution in [3.05, 3.63) is 60.2 Å². The smallest absolute Gasteiger partial charge is 0.303 e. The number of carboxylic acid groups (broad SMARTS) is 1. The Bertz CT molecular complexity index is 1100. The summed E-state index contributed by atoms with van der Waals surface area (Å²) in [6.07, 6.45) is 8.36. The number of benzene rings is 1. The van der Waals surface area contributed by atoms with Crippen molar-refractivity contribution in [2.45, 2.75) is 57.5 Å². The summed E-state index contributed by atoms with van der Waals surface area (Å²) >= 11 is 0. The van der Waals surface area contributed by atoms with Crippen LogP contribution in [0.25, 0.3) is 10.9 Å². The third-order valence-corrected chi connectivity index (χ3v) is 7.54. The highest BCUT2D eigenvalue weighted by Crippen LogP contribution is 2.36. The summed E-state index contributed by atoms with van der Waals surface area (Å²) in [5, 5.41) is 10.1. The van der Waals surface area contributed by atoms with E-state index >= 15 is 4.39 Å². The van der Waals surface area contributed by atoms with Gasteiger partial charge in [-0.3, -0.25) is 9.78 Å². The van der Waals surface area contributed by atoms with E-state index in [-0.39, 0.29) is 12.3 Å². The Labute approximate surface area is 212 Å². The SMILES string of the molecule is COc1ccc2nccc([C@@H](F)CCC3CCN(CCCCc4ccco4)CC3CCC(=O)O)c2c1. The van der Waals surface area contributed by atoms with E-state index in [4.69, 9.17) is 9.15 Å². The second-order valence-electron chi connectivity index (χ2n) is 9.91. The van der Waals surface area contributed by atoms with Crippen molar-refractivity contribution in [2.75, 3.05) is 26.7 Å². The molecule has 0 radical (unpaired) electrons. The van der Waals surface area contributed by atoms with Gasteiger partial charge in [0.25, 0.3) is 0 Å². The van der Waals surface area contributed by atoms with E-state index in [1.165, 1.54) is 0 Å². The average Bonchev–Trinajstić information content (AvgIpc) is 3.42. The van der Waals surface area contributed by atoms with Crippen LogP contribution in [0.1, 0.15) is 62.4 Å². The van der Waals surface area contributed by atoms with Crippen LogP contribution in [-0.4, -0.2) is 47.7 Å². The number of unbranched alkanes of at least 4 members (excludes halogenated alkanes) is 1. The Morgan fingerprint density at radius 1 is 1.25 bits per heavy atom. The summed E-state index contributed by atoms with van der Waals surface area (Å²) in [5.74, 6) is 1.57. The van der Waals surface area contributed by atoms with Gasteiger partial charge in [0.1, 0.15) is 17.7 Å². The number of alkyl halides is 1. The van der Waals surface area contributed by atoms with Gasteiger partial charge in [0.2, 0.25) is 0 Å². The topological polar surface area (TPSA) is 75.8 Å². The van der Waals surface area contributed by atoms with Gasteiger partial charge in [0.15, 0.2) is 0 Å². The Morgan fingerprint density at radius 2 is 2.14 bits per heavy atom. The Morgan fingerprint density at radius 3 is 2.92 bits per heavy atom. The first-order valence-corrected chi connectivity index (χ1v) is 13.1. The number of aryl methyl sites for hydroxylation is 1. The minimum Gasteiger partial charge on any atom is -0.497 e. The van der Waals surface area contributed by atoms with Gasteiger partial charge in [-0.05, 0) is 105 Å². The quantitative estimate of drug-likeness (QED) is 0.274. The summed E-state index contributed by atoms with van der Waals surface area (Å²) in [4.78, 5) is 18.1. The molecule has 1 aliphatic rings. The molecule has 1 N–H and O–H groups in total. The van der Waals surface area contributed by atoms with Crippen LogP contribution in [0, 0.1) is 11.8 Å². The number of rotatable bonds is 13. The van der Waals surface area contributed by atoms with Crippen LogP contribution >= 0.6 is 0 Å². The van der Waals surface area contributed by atoms with Crippen LogP contribution < -0.4 is 4.74 Å². The van der Waals surface area contributed by atoms with Crippen molar-refractivity contribution in [3.8, 4) is 5.75 Å². The molecule has 2 aromatic heterocycles. The number of hydrogen-bond donors (Lipinski definition) is 1. The summed E-state index contributed by atoms with van der Waals surface area (Å²) < 4.78 is 26.3. The molecule has 0 bridgehead atoms. The fraction of sp³-hybridized carbons (Fsp3) is 0.517.